The minimum Gasteiger partial charge on any atom is -0.323 e. The molecule has 1 aliphatic rings. The van der Waals surface area contributed by atoms with Gasteiger partial charge < -0.3 is 5.32 Å². The standard InChI is InChI=1S/C20H19BrFN3OS/c1-2-18(19(26)24-17-8-7-14(21)10-15(17)22)27-20-13(11-23)9-12-5-3-4-6-16(12)25-20/h7-10,18H,2-6H2,1H3,(H,24,26). The zero-order valence-corrected chi connectivity index (χ0v) is 17.3. The molecule has 0 spiro atoms. The van der Waals surface area contributed by atoms with E-state index < -0.39 is 11.1 Å². The van der Waals surface area contributed by atoms with E-state index in [0.29, 0.717) is 21.5 Å². The minimum absolute atomic E-state index is 0.140. The van der Waals surface area contributed by atoms with E-state index in [4.69, 9.17) is 0 Å². The summed E-state index contributed by atoms with van der Waals surface area (Å²) in [4.78, 5) is 17.3. The normalized spacial score (nSPS) is 14.1. The second-order valence-electron chi connectivity index (χ2n) is 6.39. The van der Waals surface area contributed by atoms with E-state index in [0.717, 1.165) is 36.9 Å². The summed E-state index contributed by atoms with van der Waals surface area (Å²) in [5.41, 5.74) is 2.80. The van der Waals surface area contributed by atoms with E-state index in [9.17, 15) is 14.4 Å². The third kappa shape index (κ3) is 4.69. The molecule has 0 fully saturated rings. The van der Waals surface area contributed by atoms with Crippen molar-refractivity contribution in [1.29, 1.82) is 5.26 Å². The molecule has 0 radical (unpaired) electrons. The molecule has 27 heavy (non-hydrogen) atoms. The number of thioether (sulfide) groups is 1. The number of aryl methyl sites for hydroxylation is 2. The number of nitriles is 1. The second kappa shape index (κ2) is 8.85. The van der Waals surface area contributed by atoms with Crippen LogP contribution in [0, 0.1) is 17.1 Å². The number of aromatic nitrogens is 1. The Balaban J connectivity index is 1.80. The molecule has 1 aromatic heterocycles. The van der Waals surface area contributed by atoms with Gasteiger partial charge >= 0.3 is 0 Å². The number of nitrogens with zero attached hydrogens (tertiary/aromatic N) is 2. The largest absolute Gasteiger partial charge is 0.323 e. The molecule has 0 saturated heterocycles. The molecule has 140 valence electrons. The third-order valence-corrected chi connectivity index (χ3v) is 6.35. The van der Waals surface area contributed by atoms with E-state index in [2.05, 4.69) is 32.3 Å². The van der Waals surface area contributed by atoms with Crippen LogP contribution in [0.1, 0.15) is 43.0 Å². The Morgan fingerprint density at radius 3 is 2.89 bits per heavy atom. The number of amides is 1. The molecule has 1 N–H and O–H groups in total. The van der Waals surface area contributed by atoms with Gasteiger partial charge in [-0.3, -0.25) is 4.79 Å². The Kier molecular flexibility index (Phi) is 6.51. The SMILES string of the molecule is CCC(Sc1nc2c(cc1C#N)CCCC2)C(=O)Nc1ccc(Br)cc1F. The van der Waals surface area contributed by atoms with Crippen molar-refractivity contribution in [2.24, 2.45) is 0 Å². The molecule has 4 nitrogen and oxygen atoms in total. The summed E-state index contributed by atoms with van der Waals surface area (Å²) in [5.74, 6) is -0.797. The van der Waals surface area contributed by atoms with Crippen molar-refractivity contribution < 1.29 is 9.18 Å². The first-order chi connectivity index (χ1) is 13.0. The van der Waals surface area contributed by atoms with Gasteiger partial charge in [0.2, 0.25) is 5.91 Å². The lowest BCUT2D eigenvalue weighted by molar-refractivity contribution is -0.115. The smallest absolute Gasteiger partial charge is 0.237 e. The number of anilines is 1. The summed E-state index contributed by atoms with van der Waals surface area (Å²) in [6.07, 6.45) is 4.60. The maximum Gasteiger partial charge on any atom is 0.237 e. The van der Waals surface area contributed by atoms with Crippen molar-refractivity contribution in [3.8, 4) is 6.07 Å². The van der Waals surface area contributed by atoms with Gasteiger partial charge in [-0.1, -0.05) is 34.6 Å². The topological polar surface area (TPSA) is 65.8 Å². The van der Waals surface area contributed by atoms with Crippen LogP contribution in [0.2, 0.25) is 0 Å². The van der Waals surface area contributed by atoms with E-state index in [1.165, 1.54) is 23.9 Å². The zero-order valence-electron chi connectivity index (χ0n) is 14.9. The minimum atomic E-state index is -0.498. The van der Waals surface area contributed by atoms with Gasteiger partial charge in [0.15, 0.2) is 0 Å². The average Bonchev–Trinajstić information content (AvgIpc) is 2.67. The van der Waals surface area contributed by atoms with E-state index in [1.54, 1.807) is 6.07 Å². The van der Waals surface area contributed by atoms with Crippen LogP contribution in [-0.2, 0) is 17.6 Å². The number of hydrogen-bond donors (Lipinski definition) is 1. The molecule has 3 rings (SSSR count). The molecular formula is C20H19BrFN3OS. The van der Waals surface area contributed by atoms with Gasteiger partial charge in [-0.15, -0.1) is 0 Å². The second-order valence-corrected chi connectivity index (χ2v) is 8.50. The number of pyridine rings is 1. The molecule has 1 unspecified atom stereocenters. The van der Waals surface area contributed by atoms with Crippen LogP contribution < -0.4 is 5.32 Å². The number of halogens is 2. The van der Waals surface area contributed by atoms with Gasteiger partial charge in [-0.25, -0.2) is 9.37 Å². The summed E-state index contributed by atoms with van der Waals surface area (Å²) in [6.45, 7) is 1.89. The highest BCUT2D eigenvalue weighted by molar-refractivity contribution is 9.10. The Hall–Kier alpha value is -1.91. The van der Waals surface area contributed by atoms with Crippen molar-refractivity contribution in [1.82, 2.24) is 4.98 Å². The molecule has 1 heterocycles. The Labute approximate surface area is 170 Å². The summed E-state index contributed by atoms with van der Waals surface area (Å²) in [5, 5.41) is 12.2. The Bertz CT molecular complexity index is 913. The van der Waals surface area contributed by atoms with E-state index in [1.807, 2.05) is 13.0 Å². The number of hydrogen-bond acceptors (Lipinski definition) is 4. The van der Waals surface area contributed by atoms with Gasteiger partial charge in [0.1, 0.15) is 16.9 Å². The number of carbonyl (C=O) groups excluding carboxylic acids is 1. The predicted molar refractivity (Wildman–Crippen MR) is 108 cm³/mol. The van der Waals surface area contributed by atoms with Crippen LogP contribution in [-0.4, -0.2) is 16.1 Å². The van der Waals surface area contributed by atoms with Gasteiger partial charge in [-0.05, 0) is 61.9 Å². The molecular weight excluding hydrogens is 429 g/mol. The van der Waals surface area contributed by atoms with Crippen molar-refractivity contribution >= 4 is 39.3 Å². The van der Waals surface area contributed by atoms with Crippen LogP contribution in [0.4, 0.5) is 10.1 Å². The van der Waals surface area contributed by atoms with Crippen molar-refractivity contribution in [2.75, 3.05) is 5.32 Å². The maximum absolute atomic E-state index is 14.0. The lowest BCUT2D eigenvalue weighted by Crippen LogP contribution is -2.25. The fourth-order valence-electron chi connectivity index (χ4n) is 3.05. The molecule has 2 aromatic rings. The number of carbonyl (C=O) groups is 1. The number of fused-ring (bicyclic) bond motifs is 1. The lowest BCUT2D eigenvalue weighted by Gasteiger charge is -2.19. The summed E-state index contributed by atoms with van der Waals surface area (Å²) >= 11 is 4.47. The first kappa shape index (κ1) is 19.8. The van der Waals surface area contributed by atoms with E-state index >= 15 is 0 Å². The van der Waals surface area contributed by atoms with Crippen LogP contribution in [0.25, 0.3) is 0 Å². The van der Waals surface area contributed by atoms with Gasteiger partial charge in [-0.2, -0.15) is 5.26 Å². The molecule has 0 bridgehead atoms. The highest BCUT2D eigenvalue weighted by Crippen LogP contribution is 2.31. The first-order valence-corrected chi connectivity index (χ1v) is 10.5. The molecule has 0 saturated carbocycles. The number of benzene rings is 1. The fraction of sp³-hybridized carbons (Fsp3) is 0.350. The third-order valence-electron chi connectivity index (χ3n) is 4.49. The molecule has 1 atom stereocenters. The Morgan fingerprint density at radius 2 is 2.19 bits per heavy atom. The fourth-order valence-corrected chi connectivity index (χ4v) is 4.38. The zero-order chi connectivity index (χ0) is 19.4. The van der Waals surface area contributed by atoms with Crippen LogP contribution >= 0.6 is 27.7 Å². The summed E-state index contributed by atoms with van der Waals surface area (Å²) < 4.78 is 14.6. The highest BCUT2D eigenvalue weighted by Gasteiger charge is 2.23. The van der Waals surface area contributed by atoms with Gasteiger partial charge in [0.05, 0.1) is 16.5 Å². The monoisotopic (exact) mass is 447 g/mol. The lowest BCUT2D eigenvalue weighted by atomic mass is 9.95. The highest BCUT2D eigenvalue weighted by atomic mass is 79.9. The maximum atomic E-state index is 14.0. The molecule has 7 heteroatoms. The first-order valence-electron chi connectivity index (χ1n) is 8.87. The van der Waals surface area contributed by atoms with Gasteiger partial charge in [0.25, 0.3) is 0 Å². The van der Waals surface area contributed by atoms with Gasteiger partial charge in [0, 0.05) is 10.2 Å². The predicted octanol–water partition coefficient (Wildman–Crippen LogP) is 5.24. The van der Waals surface area contributed by atoms with Crippen LogP contribution in [0.5, 0.6) is 0 Å². The van der Waals surface area contributed by atoms with Crippen molar-refractivity contribution in [3.05, 3.63) is 51.4 Å². The van der Waals surface area contributed by atoms with Crippen LogP contribution in [0.3, 0.4) is 0 Å². The van der Waals surface area contributed by atoms with Crippen LogP contribution in [0.15, 0.2) is 33.8 Å². The summed E-state index contributed by atoms with van der Waals surface area (Å²) in [6, 6.07) is 8.61. The summed E-state index contributed by atoms with van der Waals surface area (Å²) in [7, 11) is 0. The average molecular weight is 448 g/mol. The van der Waals surface area contributed by atoms with Crippen molar-refractivity contribution in [2.45, 2.75) is 49.3 Å². The number of rotatable bonds is 5. The van der Waals surface area contributed by atoms with E-state index in [-0.39, 0.29) is 11.6 Å². The molecule has 1 aliphatic carbocycles. The molecule has 1 aromatic carbocycles. The number of nitrogens with one attached hydrogen (secondary N) is 1. The molecule has 0 aliphatic heterocycles. The van der Waals surface area contributed by atoms with Crippen molar-refractivity contribution in [3.63, 3.8) is 0 Å². The molecule has 1 amide bonds. The quantitative estimate of drug-likeness (QED) is 0.636. The Morgan fingerprint density at radius 1 is 1.41 bits per heavy atom.